The molecule has 4 nitrogen and oxygen atoms in total. The quantitative estimate of drug-likeness (QED) is 0.831. The van der Waals surface area contributed by atoms with Crippen LogP contribution in [0.15, 0.2) is 42.7 Å². The Bertz CT molecular complexity index is 820. The van der Waals surface area contributed by atoms with Crippen LogP contribution >= 0.6 is 0 Å². The lowest BCUT2D eigenvalue weighted by Crippen LogP contribution is -2.49. The SMILES string of the molecule is Cc1ccc(CN2CC[C@]3(CCCN(Cc4cccnc4)C3=O)C2)cc1C. The molecule has 0 bridgehead atoms. The molecule has 2 aliphatic rings. The Morgan fingerprint density at radius 3 is 2.70 bits per heavy atom. The molecule has 1 aromatic heterocycles. The second kappa shape index (κ2) is 7.43. The van der Waals surface area contributed by atoms with Crippen LogP contribution < -0.4 is 0 Å². The number of amides is 1. The molecule has 1 spiro atoms. The number of rotatable bonds is 4. The number of carbonyl (C=O) groups excluding carboxylic acids is 1. The maximum atomic E-state index is 13.3. The zero-order chi connectivity index (χ0) is 18.9. The van der Waals surface area contributed by atoms with Gasteiger partial charge in [0.15, 0.2) is 0 Å². The van der Waals surface area contributed by atoms with Crippen molar-refractivity contribution in [1.82, 2.24) is 14.8 Å². The van der Waals surface area contributed by atoms with Crippen molar-refractivity contribution in [3.05, 3.63) is 65.0 Å². The molecule has 0 saturated carbocycles. The smallest absolute Gasteiger partial charge is 0.230 e. The molecule has 1 aromatic carbocycles. The number of pyridine rings is 1. The summed E-state index contributed by atoms with van der Waals surface area (Å²) in [5.41, 5.74) is 4.97. The molecule has 1 atom stereocenters. The highest BCUT2D eigenvalue weighted by Crippen LogP contribution is 2.41. The molecular weight excluding hydrogens is 334 g/mol. The van der Waals surface area contributed by atoms with Gasteiger partial charge in [-0.2, -0.15) is 0 Å². The van der Waals surface area contributed by atoms with Crippen molar-refractivity contribution < 1.29 is 4.79 Å². The van der Waals surface area contributed by atoms with Crippen LogP contribution in [-0.2, 0) is 17.9 Å². The van der Waals surface area contributed by atoms with Crippen LogP contribution in [0.5, 0.6) is 0 Å². The number of hydrogen-bond acceptors (Lipinski definition) is 3. The molecule has 0 aliphatic carbocycles. The minimum Gasteiger partial charge on any atom is -0.338 e. The third-order valence-corrected chi connectivity index (χ3v) is 6.33. The van der Waals surface area contributed by atoms with Gasteiger partial charge in [0.05, 0.1) is 5.41 Å². The minimum absolute atomic E-state index is 0.180. The zero-order valence-corrected chi connectivity index (χ0v) is 16.4. The van der Waals surface area contributed by atoms with Crippen LogP contribution in [0.4, 0.5) is 0 Å². The lowest BCUT2D eigenvalue weighted by Gasteiger charge is -2.39. The van der Waals surface area contributed by atoms with Crippen molar-refractivity contribution >= 4 is 5.91 Å². The third kappa shape index (κ3) is 3.77. The van der Waals surface area contributed by atoms with E-state index in [1.807, 2.05) is 12.3 Å². The summed E-state index contributed by atoms with van der Waals surface area (Å²) < 4.78 is 0. The van der Waals surface area contributed by atoms with Gasteiger partial charge in [-0.25, -0.2) is 0 Å². The van der Waals surface area contributed by atoms with E-state index in [1.54, 1.807) is 6.20 Å². The van der Waals surface area contributed by atoms with Crippen molar-refractivity contribution in [2.75, 3.05) is 19.6 Å². The van der Waals surface area contributed by atoms with Crippen LogP contribution in [-0.4, -0.2) is 40.3 Å². The predicted molar refractivity (Wildman–Crippen MR) is 107 cm³/mol. The topological polar surface area (TPSA) is 36.4 Å². The first kappa shape index (κ1) is 18.2. The number of hydrogen-bond donors (Lipinski definition) is 0. The van der Waals surface area contributed by atoms with E-state index in [9.17, 15) is 4.79 Å². The van der Waals surface area contributed by atoms with E-state index in [0.29, 0.717) is 12.5 Å². The fraction of sp³-hybridized carbons (Fsp3) is 0.478. The van der Waals surface area contributed by atoms with E-state index in [4.69, 9.17) is 0 Å². The second-order valence-electron chi connectivity index (χ2n) is 8.35. The second-order valence-corrected chi connectivity index (χ2v) is 8.35. The number of aromatic nitrogens is 1. The van der Waals surface area contributed by atoms with E-state index in [-0.39, 0.29) is 5.41 Å². The molecule has 0 N–H and O–H groups in total. The molecule has 27 heavy (non-hydrogen) atoms. The summed E-state index contributed by atoms with van der Waals surface area (Å²) in [6.45, 7) is 8.73. The van der Waals surface area contributed by atoms with E-state index in [2.05, 4.69) is 52.9 Å². The molecule has 0 radical (unpaired) electrons. The van der Waals surface area contributed by atoms with E-state index >= 15 is 0 Å². The van der Waals surface area contributed by atoms with Gasteiger partial charge in [-0.3, -0.25) is 14.7 Å². The van der Waals surface area contributed by atoms with E-state index in [1.165, 1.54) is 16.7 Å². The van der Waals surface area contributed by atoms with Gasteiger partial charge < -0.3 is 4.90 Å². The van der Waals surface area contributed by atoms with Gasteiger partial charge in [-0.1, -0.05) is 24.3 Å². The van der Waals surface area contributed by atoms with Gasteiger partial charge in [0.1, 0.15) is 0 Å². The standard InChI is InChI=1S/C23H29N3O/c1-18-6-7-20(13-19(18)2)15-25-12-9-23(17-25)8-4-11-26(22(23)27)16-21-5-3-10-24-14-21/h3,5-7,10,13-14H,4,8-9,11-12,15-17H2,1-2H3/t23-/m1/s1. The number of carbonyl (C=O) groups is 1. The Kier molecular flexibility index (Phi) is 5.00. The summed E-state index contributed by atoms with van der Waals surface area (Å²) in [7, 11) is 0. The lowest BCUT2D eigenvalue weighted by atomic mass is 9.78. The first-order chi connectivity index (χ1) is 13.1. The molecule has 2 saturated heterocycles. The van der Waals surface area contributed by atoms with Crippen molar-refractivity contribution in [2.45, 2.75) is 46.2 Å². The largest absolute Gasteiger partial charge is 0.338 e. The maximum Gasteiger partial charge on any atom is 0.230 e. The van der Waals surface area contributed by atoms with Crippen molar-refractivity contribution in [3.8, 4) is 0 Å². The summed E-state index contributed by atoms with van der Waals surface area (Å²) in [5, 5.41) is 0. The van der Waals surface area contributed by atoms with Gasteiger partial charge in [0, 0.05) is 38.6 Å². The maximum absolute atomic E-state index is 13.3. The lowest BCUT2D eigenvalue weighted by molar-refractivity contribution is -0.146. The molecule has 0 unspecified atom stereocenters. The van der Waals surface area contributed by atoms with Crippen molar-refractivity contribution in [2.24, 2.45) is 5.41 Å². The van der Waals surface area contributed by atoms with Gasteiger partial charge in [0.2, 0.25) is 5.91 Å². The average molecular weight is 364 g/mol. The Hall–Kier alpha value is -2.20. The Balaban J connectivity index is 1.43. The van der Waals surface area contributed by atoms with Gasteiger partial charge >= 0.3 is 0 Å². The fourth-order valence-corrected chi connectivity index (χ4v) is 4.65. The number of likely N-dealkylation sites (tertiary alicyclic amines) is 2. The van der Waals surface area contributed by atoms with Crippen LogP contribution in [0.1, 0.15) is 41.5 Å². The summed E-state index contributed by atoms with van der Waals surface area (Å²) in [6.07, 6.45) is 6.77. The number of benzene rings is 1. The van der Waals surface area contributed by atoms with Gasteiger partial charge in [0.25, 0.3) is 0 Å². The number of aryl methyl sites for hydroxylation is 2. The molecule has 142 valence electrons. The normalized spacial score (nSPS) is 23.3. The molecule has 2 aliphatic heterocycles. The molecule has 2 fully saturated rings. The number of piperidine rings is 1. The third-order valence-electron chi connectivity index (χ3n) is 6.33. The van der Waals surface area contributed by atoms with Crippen LogP contribution in [0, 0.1) is 19.3 Å². The highest BCUT2D eigenvalue weighted by Gasteiger charge is 2.48. The summed E-state index contributed by atoms with van der Waals surface area (Å²) in [4.78, 5) is 22.0. The average Bonchev–Trinajstić information content (AvgIpc) is 3.07. The number of nitrogens with zero attached hydrogens (tertiary/aromatic N) is 3. The Labute approximate surface area is 162 Å². The highest BCUT2D eigenvalue weighted by atomic mass is 16.2. The van der Waals surface area contributed by atoms with Gasteiger partial charge in [-0.15, -0.1) is 0 Å². The molecule has 1 amide bonds. The summed E-state index contributed by atoms with van der Waals surface area (Å²) in [6, 6.07) is 10.7. The molecule has 4 rings (SSSR count). The summed E-state index contributed by atoms with van der Waals surface area (Å²) >= 11 is 0. The van der Waals surface area contributed by atoms with Gasteiger partial charge in [-0.05, 0) is 68.0 Å². The molecular formula is C23H29N3O. The van der Waals surface area contributed by atoms with Crippen LogP contribution in [0.3, 0.4) is 0 Å². The van der Waals surface area contributed by atoms with Crippen LogP contribution in [0.2, 0.25) is 0 Å². The fourth-order valence-electron chi connectivity index (χ4n) is 4.65. The predicted octanol–water partition coefficient (Wildman–Crippen LogP) is 3.71. The first-order valence-electron chi connectivity index (χ1n) is 10.0. The molecule has 2 aromatic rings. The highest BCUT2D eigenvalue weighted by molar-refractivity contribution is 5.84. The van der Waals surface area contributed by atoms with E-state index < -0.39 is 0 Å². The Morgan fingerprint density at radius 2 is 1.93 bits per heavy atom. The zero-order valence-electron chi connectivity index (χ0n) is 16.4. The van der Waals surface area contributed by atoms with Crippen molar-refractivity contribution in [3.63, 3.8) is 0 Å². The van der Waals surface area contributed by atoms with E-state index in [0.717, 1.165) is 51.0 Å². The minimum atomic E-state index is -0.180. The molecule has 3 heterocycles. The molecule has 4 heteroatoms. The monoisotopic (exact) mass is 363 g/mol. The first-order valence-corrected chi connectivity index (χ1v) is 10.0. The van der Waals surface area contributed by atoms with Crippen molar-refractivity contribution in [1.29, 1.82) is 0 Å². The van der Waals surface area contributed by atoms with Crippen LogP contribution in [0.25, 0.3) is 0 Å². The Morgan fingerprint density at radius 1 is 1.04 bits per heavy atom. The summed E-state index contributed by atoms with van der Waals surface area (Å²) in [5.74, 6) is 0.347.